The van der Waals surface area contributed by atoms with Gasteiger partial charge in [0.1, 0.15) is 6.61 Å². The van der Waals surface area contributed by atoms with Gasteiger partial charge in [-0.25, -0.2) is 0 Å². The Labute approximate surface area is 185 Å². The molecule has 0 fully saturated rings. The largest absolute Gasteiger partial charge is 0.493 e. The topological polar surface area (TPSA) is 93.9 Å². The fourth-order valence-corrected chi connectivity index (χ4v) is 3.74. The quantitative estimate of drug-likeness (QED) is 0.393. The molecule has 0 aliphatic carbocycles. The van der Waals surface area contributed by atoms with Crippen molar-refractivity contribution in [1.82, 2.24) is 10.2 Å². The molecular formula is C22H23N3O5S. The van der Waals surface area contributed by atoms with Crippen LogP contribution in [-0.2, 0) is 11.4 Å². The fourth-order valence-electron chi connectivity index (χ4n) is 3.49. The average Bonchev–Trinajstić information content (AvgIpc) is 2.75. The molecule has 1 heterocycles. The zero-order chi connectivity index (χ0) is 22.7. The van der Waals surface area contributed by atoms with Crippen molar-refractivity contribution in [2.45, 2.75) is 26.5 Å². The predicted molar refractivity (Wildman–Crippen MR) is 120 cm³/mol. The third kappa shape index (κ3) is 4.51. The van der Waals surface area contributed by atoms with Gasteiger partial charge < -0.3 is 19.7 Å². The first-order valence-electron chi connectivity index (χ1n) is 9.53. The fraction of sp³-hybridized carbons (Fsp3) is 0.273. The number of nitro groups is 1. The number of thiocarbonyl (C=S) groups is 1. The lowest BCUT2D eigenvalue weighted by Gasteiger charge is -2.35. The number of ketones is 1. The molecule has 1 atom stereocenters. The van der Waals surface area contributed by atoms with E-state index in [-0.39, 0.29) is 29.4 Å². The number of hydrogen-bond donors (Lipinski definition) is 1. The molecule has 0 radical (unpaired) electrons. The molecule has 3 rings (SSSR count). The molecule has 9 heteroatoms. The summed E-state index contributed by atoms with van der Waals surface area (Å²) in [5.41, 5.74) is 2.03. The number of methoxy groups -OCH3 is 1. The van der Waals surface area contributed by atoms with E-state index < -0.39 is 11.0 Å². The summed E-state index contributed by atoms with van der Waals surface area (Å²) >= 11 is 5.36. The summed E-state index contributed by atoms with van der Waals surface area (Å²) in [7, 11) is 3.19. The maximum absolute atomic E-state index is 12.4. The first-order chi connectivity index (χ1) is 14.7. The highest BCUT2D eigenvalue weighted by Gasteiger charge is 2.35. The summed E-state index contributed by atoms with van der Waals surface area (Å²) in [4.78, 5) is 25.5. The molecule has 0 amide bonds. The summed E-state index contributed by atoms with van der Waals surface area (Å²) in [6, 6.07) is 11.5. The Bertz CT molecular complexity index is 1070. The Balaban J connectivity index is 2.09. The molecule has 1 aliphatic heterocycles. The van der Waals surface area contributed by atoms with Gasteiger partial charge in [0, 0.05) is 18.3 Å². The minimum atomic E-state index is -0.779. The van der Waals surface area contributed by atoms with Crippen molar-refractivity contribution in [2.75, 3.05) is 14.2 Å². The normalized spacial score (nSPS) is 16.1. The number of benzene rings is 2. The van der Waals surface area contributed by atoms with Gasteiger partial charge in [-0.3, -0.25) is 14.9 Å². The Hall–Kier alpha value is -3.46. The van der Waals surface area contributed by atoms with Gasteiger partial charge in [0.2, 0.25) is 0 Å². The van der Waals surface area contributed by atoms with E-state index in [1.54, 1.807) is 18.9 Å². The molecule has 2 aromatic carbocycles. The van der Waals surface area contributed by atoms with Crippen LogP contribution in [-0.4, -0.2) is 34.9 Å². The van der Waals surface area contributed by atoms with E-state index in [2.05, 4.69) is 5.32 Å². The molecular weight excluding hydrogens is 418 g/mol. The minimum absolute atomic E-state index is 0.194. The Kier molecular flexibility index (Phi) is 6.55. The third-order valence-electron chi connectivity index (χ3n) is 5.19. The molecule has 0 saturated carbocycles. The van der Waals surface area contributed by atoms with Crippen molar-refractivity contribution < 1.29 is 19.2 Å². The van der Waals surface area contributed by atoms with Crippen molar-refractivity contribution in [1.29, 1.82) is 0 Å². The Morgan fingerprint density at radius 3 is 2.52 bits per heavy atom. The number of ether oxygens (including phenoxy) is 2. The van der Waals surface area contributed by atoms with Gasteiger partial charge in [-0.2, -0.15) is 0 Å². The van der Waals surface area contributed by atoms with Gasteiger partial charge in [0.25, 0.3) is 5.69 Å². The summed E-state index contributed by atoms with van der Waals surface area (Å²) in [6.07, 6.45) is 0. The van der Waals surface area contributed by atoms with Gasteiger partial charge >= 0.3 is 0 Å². The van der Waals surface area contributed by atoms with Gasteiger partial charge in [0.05, 0.1) is 29.7 Å². The van der Waals surface area contributed by atoms with Crippen LogP contribution in [0, 0.1) is 10.1 Å². The summed E-state index contributed by atoms with van der Waals surface area (Å²) in [6.45, 7) is 3.41. The molecule has 0 unspecified atom stereocenters. The van der Waals surface area contributed by atoms with E-state index >= 15 is 0 Å². The number of Topliss-reactive ketones (excluding diaryl/α,β-unsaturated/α-hetero) is 1. The number of hydrogen-bond acceptors (Lipinski definition) is 6. The standard InChI is InChI=1S/C22H23N3O5S/c1-13-20(14(2)26)21(23-22(31)24(13)3)16-10-18(29-4)19(11-17(16)25(27)28)30-12-15-8-6-5-7-9-15/h5-11,21H,12H2,1-4H3,(H,23,31)/t21-/m1/s1. The smallest absolute Gasteiger partial charge is 0.279 e. The van der Waals surface area contributed by atoms with E-state index in [0.29, 0.717) is 22.1 Å². The van der Waals surface area contributed by atoms with Crippen molar-refractivity contribution in [3.63, 3.8) is 0 Å². The second-order valence-corrected chi connectivity index (χ2v) is 7.48. The molecule has 1 N–H and O–H groups in total. The van der Waals surface area contributed by atoms with Crippen LogP contribution in [0.5, 0.6) is 11.5 Å². The highest BCUT2D eigenvalue weighted by Crippen LogP contribution is 2.41. The van der Waals surface area contributed by atoms with Crippen LogP contribution in [0.3, 0.4) is 0 Å². The van der Waals surface area contributed by atoms with E-state index in [4.69, 9.17) is 21.7 Å². The lowest BCUT2D eigenvalue weighted by Crippen LogP contribution is -2.45. The van der Waals surface area contributed by atoms with Crippen molar-refractivity contribution in [3.8, 4) is 11.5 Å². The first kappa shape index (κ1) is 22.2. The minimum Gasteiger partial charge on any atom is -0.493 e. The second-order valence-electron chi connectivity index (χ2n) is 7.09. The first-order valence-corrected chi connectivity index (χ1v) is 9.94. The van der Waals surface area contributed by atoms with E-state index in [0.717, 1.165) is 5.56 Å². The number of rotatable bonds is 7. The van der Waals surface area contributed by atoms with Crippen LogP contribution in [0.25, 0.3) is 0 Å². The van der Waals surface area contributed by atoms with Crippen molar-refractivity contribution in [3.05, 3.63) is 75.0 Å². The predicted octanol–water partition coefficient (Wildman–Crippen LogP) is 3.91. The Morgan fingerprint density at radius 2 is 1.94 bits per heavy atom. The van der Waals surface area contributed by atoms with Gasteiger partial charge in [-0.05, 0) is 37.7 Å². The maximum atomic E-state index is 12.4. The monoisotopic (exact) mass is 441 g/mol. The van der Waals surface area contributed by atoms with Crippen LogP contribution in [0.15, 0.2) is 53.7 Å². The molecule has 1 aliphatic rings. The number of allylic oxidation sites excluding steroid dienone is 1. The van der Waals surface area contributed by atoms with Crippen LogP contribution >= 0.6 is 12.2 Å². The van der Waals surface area contributed by atoms with Crippen molar-refractivity contribution in [2.24, 2.45) is 0 Å². The Morgan fingerprint density at radius 1 is 1.26 bits per heavy atom. The number of nitro benzene ring substituents is 1. The van der Waals surface area contributed by atoms with E-state index in [1.165, 1.54) is 26.2 Å². The highest BCUT2D eigenvalue weighted by molar-refractivity contribution is 7.80. The van der Waals surface area contributed by atoms with Crippen LogP contribution in [0.4, 0.5) is 5.69 Å². The van der Waals surface area contributed by atoms with E-state index in [1.807, 2.05) is 30.3 Å². The van der Waals surface area contributed by atoms with Crippen LogP contribution in [0.1, 0.15) is 31.0 Å². The number of nitrogens with one attached hydrogen (secondary N) is 1. The highest BCUT2D eigenvalue weighted by atomic mass is 32.1. The van der Waals surface area contributed by atoms with Gasteiger partial charge in [0.15, 0.2) is 22.4 Å². The summed E-state index contributed by atoms with van der Waals surface area (Å²) < 4.78 is 11.3. The molecule has 8 nitrogen and oxygen atoms in total. The molecule has 31 heavy (non-hydrogen) atoms. The zero-order valence-electron chi connectivity index (χ0n) is 17.7. The number of carbonyl (C=O) groups is 1. The third-order valence-corrected chi connectivity index (χ3v) is 5.58. The van der Waals surface area contributed by atoms with Gasteiger partial charge in [-0.15, -0.1) is 0 Å². The lowest BCUT2D eigenvalue weighted by molar-refractivity contribution is -0.385. The molecule has 2 aromatic rings. The van der Waals surface area contributed by atoms with Gasteiger partial charge in [-0.1, -0.05) is 30.3 Å². The number of nitrogens with zero attached hydrogens (tertiary/aromatic N) is 2. The summed E-state index contributed by atoms with van der Waals surface area (Å²) in [5.74, 6) is 0.355. The number of carbonyl (C=O) groups excluding carboxylic acids is 1. The van der Waals surface area contributed by atoms with Crippen molar-refractivity contribution >= 4 is 28.8 Å². The zero-order valence-corrected chi connectivity index (χ0v) is 18.5. The lowest BCUT2D eigenvalue weighted by atomic mass is 9.91. The molecule has 0 spiro atoms. The van der Waals surface area contributed by atoms with E-state index in [9.17, 15) is 14.9 Å². The molecule has 162 valence electrons. The molecule has 0 saturated heterocycles. The molecule has 0 aromatic heterocycles. The van der Waals surface area contributed by atoms with Crippen LogP contribution < -0.4 is 14.8 Å². The maximum Gasteiger partial charge on any atom is 0.279 e. The summed E-state index contributed by atoms with van der Waals surface area (Å²) in [5, 5.41) is 15.3. The average molecular weight is 442 g/mol. The van der Waals surface area contributed by atoms with Crippen LogP contribution in [0.2, 0.25) is 0 Å². The SMILES string of the molecule is COc1cc([C@H]2NC(=S)N(C)C(C)=C2C(C)=O)c([N+](=O)[O-])cc1OCc1ccccc1. The second kappa shape index (κ2) is 9.13. The molecule has 0 bridgehead atoms.